The lowest BCUT2D eigenvalue weighted by Gasteiger charge is -2.41. The molecule has 0 aliphatic heterocycles. The van der Waals surface area contributed by atoms with E-state index in [-0.39, 0.29) is 0 Å². The van der Waals surface area contributed by atoms with Gasteiger partial charge in [-0.15, -0.1) is 0 Å². The maximum Gasteiger partial charge on any atom is -0.0163 e. The van der Waals surface area contributed by atoms with Crippen LogP contribution in [0.3, 0.4) is 0 Å². The molecule has 0 radical (unpaired) electrons. The third-order valence-electron chi connectivity index (χ3n) is 5.42. The van der Waals surface area contributed by atoms with E-state index >= 15 is 0 Å². The van der Waals surface area contributed by atoms with Gasteiger partial charge in [-0.05, 0) is 63.7 Å². The van der Waals surface area contributed by atoms with Crippen molar-refractivity contribution in [2.75, 3.05) is 0 Å². The van der Waals surface area contributed by atoms with E-state index in [0.717, 1.165) is 17.8 Å². The number of fused-ring (bicyclic) bond motifs is 1. The third kappa shape index (κ3) is 5.64. The van der Waals surface area contributed by atoms with Gasteiger partial charge >= 0.3 is 0 Å². The Bertz CT molecular complexity index is 334. The Morgan fingerprint density at radius 2 is 1.67 bits per heavy atom. The molecule has 2 fully saturated rings. The monoisotopic (exact) mass is 290 g/mol. The first-order valence-electron chi connectivity index (χ1n) is 9.49. The molecule has 0 N–H and O–H groups in total. The zero-order valence-electron chi connectivity index (χ0n) is 15.3. The Balaban J connectivity index is 0.000000677. The molecule has 0 heteroatoms. The average Bonchev–Trinajstić information content (AvgIpc) is 2.52. The molecular weight excluding hydrogens is 252 g/mol. The first-order valence-corrected chi connectivity index (χ1v) is 9.49. The average molecular weight is 291 g/mol. The smallest absolute Gasteiger partial charge is 0.0163 e. The van der Waals surface area contributed by atoms with Crippen molar-refractivity contribution >= 4 is 0 Å². The van der Waals surface area contributed by atoms with Crippen molar-refractivity contribution in [2.45, 2.75) is 92.4 Å². The van der Waals surface area contributed by atoms with Gasteiger partial charge in [0.15, 0.2) is 0 Å². The quantitative estimate of drug-likeness (QED) is 0.478. The van der Waals surface area contributed by atoms with E-state index < -0.39 is 0 Å². The van der Waals surface area contributed by atoms with Crippen molar-refractivity contribution in [3.63, 3.8) is 0 Å². The first-order chi connectivity index (χ1) is 10.2. The molecule has 2 aliphatic rings. The van der Waals surface area contributed by atoms with E-state index in [1.54, 1.807) is 11.1 Å². The van der Waals surface area contributed by atoms with Gasteiger partial charge in [0.1, 0.15) is 0 Å². The summed E-state index contributed by atoms with van der Waals surface area (Å²) in [5, 5.41) is 0. The van der Waals surface area contributed by atoms with Gasteiger partial charge in [-0.2, -0.15) is 0 Å². The van der Waals surface area contributed by atoms with Crippen LogP contribution in [0.15, 0.2) is 23.3 Å². The van der Waals surface area contributed by atoms with Crippen LogP contribution in [0.1, 0.15) is 92.4 Å². The number of hydrogen-bond acceptors (Lipinski definition) is 0. The van der Waals surface area contributed by atoms with Crippen LogP contribution in [-0.4, -0.2) is 0 Å². The highest BCUT2D eigenvalue weighted by molar-refractivity contribution is 5.16. The van der Waals surface area contributed by atoms with Crippen molar-refractivity contribution in [1.82, 2.24) is 0 Å². The predicted octanol–water partition coefficient (Wildman–Crippen LogP) is 7.31. The first kappa shape index (κ1) is 18.5. The van der Waals surface area contributed by atoms with Crippen molar-refractivity contribution in [3.8, 4) is 0 Å². The van der Waals surface area contributed by atoms with Crippen LogP contribution >= 0.6 is 0 Å². The summed E-state index contributed by atoms with van der Waals surface area (Å²) < 4.78 is 0. The Labute approximate surface area is 134 Å². The van der Waals surface area contributed by atoms with Gasteiger partial charge in [-0.3, -0.25) is 0 Å². The van der Waals surface area contributed by atoms with Crippen molar-refractivity contribution in [1.29, 1.82) is 0 Å². The molecule has 0 aromatic rings. The molecule has 0 amide bonds. The minimum Gasteiger partial charge on any atom is -0.0884 e. The Morgan fingerprint density at radius 3 is 2.19 bits per heavy atom. The highest BCUT2D eigenvalue weighted by Gasteiger charge is 2.34. The van der Waals surface area contributed by atoms with Crippen molar-refractivity contribution in [2.24, 2.45) is 17.8 Å². The van der Waals surface area contributed by atoms with E-state index in [1.165, 1.54) is 57.8 Å². The Hall–Kier alpha value is -0.520. The van der Waals surface area contributed by atoms with E-state index in [0.29, 0.717) is 0 Å². The summed E-state index contributed by atoms with van der Waals surface area (Å²) in [6.45, 7) is 11.0. The van der Waals surface area contributed by atoms with Crippen LogP contribution in [-0.2, 0) is 0 Å². The fraction of sp³-hybridized carbons (Fsp3) is 0.810. The zero-order chi connectivity index (χ0) is 15.7. The lowest BCUT2D eigenvalue weighted by molar-refractivity contribution is 0.167. The summed E-state index contributed by atoms with van der Waals surface area (Å²) in [5.74, 6) is 2.93. The summed E-state index contributed by atoms with van der Waals surface area (Å²) in [6.07, 6.45) is 17.5. The van der Waals surface area contributed by atoms with Gasteiger partial charge < -0.3 is 0 Å². The van der Waals surface area contributed by atoms with Gasteiger partial charge in [0, 0.05) is 0 Å². The highest BCUT2D eigenvalue weighted by Crippen LogP contribution is 2.46. The number of rotatable bonds is 3. The number of hydrogen-bond donors (Lipinski definition) is 0. The second-order valence-electron chi connectivity index (χ2n) is 7.02. The standard InChI is InChI=1S/C18H30.C3H8/c1-4-14(5-2)11-18-13-17-10-8-7-9-16(17)12-15(18)6-3;1-3-2/h4,6,16-18H,5,7-13H2,1-3H3;3H2,1-2H3/b14-4-,15-6+;/t16?,17?,18-;/m0./s1. The van der Waals surface area contributed by atoms with Crippen LogP contribution in [0.4, 0.5) is 0 Å². The van der Waals surface area contributed by atoms with Gasteiger partial charge in [0.05, 0.1) is 0 Å². The summed E-state index contributed by atoms with van der Waals surface area (Å²) in [7, 11) is 0. The molecule has 2 unspecified atom stereocenters. The third-order valence-corrected chi connectivity index (χ3v) is 5.42. The molecule has 0 saturated heterocycles. The lowest BCUT2D eigenvalue weighted by atomic mass is 9.64. The van der Waals surface area contributed by atoms with Crippen molar-refractivity contribution in [3.05, 3.63) is 23.3 Å². The van der Waals surface area contributed by atoms with E-state index in [2.05, 4.69) is 46.8 Å². The van der Waals surface area contributed by atoms with Gasteiger partial charge in [0.25, 0.3) is 0 Å². The Morgan fingerprint density at radius 1 is 1.05 bits per heavy atom. The largest absolute Gasteiger partial charge is 0.0884 e. The fourth-order valence-electron chi connectivity index (χ4n) is 4.20. The zero-order valence-corrected chi connectivity index (χ0v) is 15.3. The van der Waals surface area contributed by atoms with E-state index in [4.69, 9.17) is 0 Å². The number of allylic oxidation sites excluding steroid dienone is 4. The minimum atomic E-state index is 0.862. The van der Waals surface area contributed by atoms with Gasteiger partial charge in [-0.1, -0.05) is 69.8 Å². The van der Waals surface area contributed by atoms with E-state index in [1.807, 2.05) is 0 Å². The second-order valence-corrected chi connectivity index (χ2v) is 7.02. The predicted molar refractivity (Wildman–Crippen MR) is 96.6 cm³/mol. The van der Waals surface area contributed by atoms with Crippen LogP contribution in [0, 0.1) is 17.8 Å². The second kappa shape index (κ2) is 10.2. The summed E-state index contributed by atoms with van der Waals surface area (Å²) in [6, 6.07) is 0. The molecule has 0 nitrogen and oxygen atoms in total. The SMILES string of the molecule is C/C=C(/CC)C[C@H]1CC2CCCCC2C/C1=C\C.CCC. The molecule has 2 aliphatic carbocycles. The Kier molecular flexibility index (Phi) is 9.04. The summed E-state index contributed by atoms with van der Waals surface area (Å²) >= 11 is 0. The molecule has 2 rings (SSSR count). The van der Waals surface area contributed by atoms with Gasteiger partial charge in [-0.25, -0.2) is 0 Å². The van der Waals surface area contributed by atoms with Crippen LogP contribution < -0.4 is 0 Å². The maximum atomic E-state index is 2.43. The molecule has 122 valence electrons. The van der Waals surface area contributed by atoms with Crippen LogP contribution in [0.2, 0.25) is 0 Å². The summed E-state index contributed by atoms with van der Waals surface area (Å²) in [5.41, 5.74) is 3.43. The van der Waals surface area contributed by atoms with E-state index in [9.17, 15) is 0 Å². The van der Waals surface area contributed by atoms with Crippen molar-refractivity contribution < 1.29 is 0 Å². The summed E-state index contributed by atoms with van der Waals surface area (Å²) in [4.78, 5) is 0. The lowest BCUT2D eigenvalue weighted by Crippen LogP contribution is -2.29. The molecule has 3 atom stereocenters. The molecule has 0 spiro atoms. The van der Waals surface area contributed by atoms with Crippen LogP contribution in [0.25, 0.3) is 0 Å². The van der Waals surface area contributed by atoms with Gasteiger partial charge in [0.2, 0.25) is 0 Å². The molecule has 0 bridgehead atoms. The molecule has 0 aromatic heterocycles. The topological polar surface area (TPSA) is 0 Å². The van der Waals surface area contributed by atoms with Crippen LogP contribution in [0.5, 0.6) is 0 Å². The highest BCUT2D eigenvalue weighted by atomic mass is 14.4. The molecule has 21 heavy (non-hydrogen) atoms. The molecular formula is C21H38. The molecule has 0 aromatic carbocycles. The normalized spacial score (nSPS) is 31.4. The molecule has 2 saturated carbocycles. The minimum absolute atomic E-state index is 0.862. The molecule has 0 heterocycles. The maximum absolute atomic E-state index is 2.43. The fourth-order valence-corrected chi connectivity index (χ4v) is 4.20.